The van der Waals surface area contributed by atoms with Gasteiger partial charge < -0.3 is 0 Å². The minimum absolute atomic E-state index is 0.929. The summed E-state index contributed by atoms with van der Waals surface area (Å²) in [6.07, 6.45) is 10.4. The van der Waals surface area contributed by atoms with Crippen molar-refractivity contribution < 1.29 is 0 Å². The van der Waals surface area contributed by atoms with E-state index in [2.05, 4.69) is 26.0 Å². The summed E-state index contributed by atoms with van der Waals surface area (Å²) in [5.74, 6) is 4.19. The van der Waals surface area contributed by atoms with E-state index < -0.39 is 0 Å². The van der Waals surface area contributed by atoms with Crippen LogP contribution in [-0.2, 0) is 0 Å². The summed E-state index contributed by atoms with van der Waals surface area (Å²) in [6.45, 7) is 4.78. The largest absolute Gasteiger partial charge is 0.0885 e. The first-order chi connectivity index (χ1) is 5.80. The number of fused-ring (bicyclic) bond motifs is 1. The molecule has 0 amide bonds. The molecule has 0 heteroatoms. The Kier molecular flexibility index (Phi) is 2.25. The second-order valence-corrected chi connectivity index (χ2v) is 4.78. The van der Waals surface area contributed by atoms with Gasteiger partial charge in [0.05, 0.1) is 0 Å². The fraction of sp³-hybridized carbons (Fsp3) is 0.833. The Bertz CT molecular complexity index is 162. The Morgan fingerprint density at radius 2 is 1.50 bits per heavy atom. The van der Waals surface area contributed by atoms with Gasteiger partial charge in [0.2, 0.25) is 0 Å². The minimum Gasteiger partial charge on any atom is -0.0885 e. The molecular weight excluding hydrogens is 144 g/mol. The smallest absolute Gasteiger partial charge is 0.0329 e. The average molecular weight is 164 g/mol. The molecule has 0 radical (unpaired) electrons. The molecule has 0 aromatic rings. The normalized spacial score (nSPS) is 43.1. The van der Waals surface area contributed by atoms with Crippen LogP contribution in [0.4, 0.5) is 0 Å². The van der Waals surface area contributed by atoms with Crippen LogP contribution in [0.25, 0.3) is 0 Å². The van der Waals surface area contributed by atoms with Crippen molar-refractivity contribution in [3.63, 3.8) is 0 Å². The molecule has 0 N–H and O–H groups in total. The van der Waals surface area contributed by atoms with Crippen LogP contribution in [-0.4, -0.2) is 0 Å². The molecule has 0 nitrogen and oxygen atoms in total. The first kappa shape index (κ1) is 8.34. The van der Waals surface area contributed by atoms with Crippen molar-refractivity contribution >= 4 is 0 Å². The van der Waals surface area contributed by atoms with Crippen molar-refractivity contribution in [3.8, 4) is 0 Å². The van der Waals surface area contributed by atoms with E-state index in [1.807, 2.05) is 0 Å². The molecule has 1 fully saturated rings. The van der Waals surface area contributed by atoms with Gasteiger partial charge in [0.15, 0.2) is 0 Å². The summed E-state index contributed by atoms with van der Waals surface area (Å²) < 4.78 is 0. The maximum Gasteiger partial charge on any atom is -0.0329 e. The van der Waals surface area contributed by atoms with Crippen molar-refractivity contribution in [1.29, 1.82) is 0 Å². The summed E-state index contributed by atoms with van der Waals surface area (Å²) >= 11 is 0. The van der Waals surface area contributed by atoms with E-state index in [1.54, 1.807) is 0 Å². The van der Waals surface area contributed by atoms with Crippen LogP contribution in [0.5, 0.6) is 0 Å². The molecule has 2 unspecified atom stereocenters. The standard InChI is InChI=1S/C12H20/c1-9(2)12-10-7-5-3-4-6-8-11(10)12/h3-4,9-12H,5-8H2,1-2H3/b4-3+. The van der Waals surface area contributed by atoms with Crippen LogP contribution in [0, 0.1) is 23.7 Å². The number of hydrogen-bond acceptors (Lipinski definition) is 0. The Balaban J connectivity index is 1.93. The molecule has 2 atom stereocenters. The molecule has 2 aliphatic carbocycles. The van der Waals surface area contributed by atoms with Crippen molar-refractivity contribution in [2.75, 3.05) is 0 Å². The van der Waals surface area contributed by atoms with Gasteiger partial charge in [-0.3, -0.25) is 0 Å². The van der Waals surface area contributed by atoms with Crippen molar-refractivity contribution in [2.45, 2.75) is 39.5 Å². The third-order valence-corrected chi connectivity index (χ3v) is 3.67. The maximum atomic E-state index is 2.39. The van der Waals surface area contributed by atoms with E-state index in [-0.39, 0.29) is 0 Å². The average Bonchev–Trinajstić information content (AvgIpc) is 2.60. The van der Waals surface area contributed by atoms with Crippen LogP contribution in [0.1, 0.15) is 39.5 Å². The monoisotopic (exact) mass is 164 g/mol. The summed E-state index contributed by atoms with van der Waals surface area (Å²) in [6, 6.07) is 0. The molecule has 0 aromatic heterocycles. The first-order valence-corrected chi connectivity index (χ1v) is 5.45. The highest BCUT2D eigenvalue weighted by Crippen LogP contribution is 2.56. The lowest BCUT2D eigenvalue weighted by atomic mass is 10.0. The highest BCUT2D eigenvalue weighted by Gasteiger charge is 2.49. The van der Waals surface area contributed by atoms with Gasteiger partial charge in [-0.2, -0.15) is 0 Å². The SMILES string of the molecule is CC(C)C1C2CC/C=C/CCC21. The van der Waals surface area contributed by atoms with Gasteiger partial charge in [0, 0.05) is 0 Å². The summed E-state index contributed by atoms with van der Waals surface area (Å²) in [5, 5.41) is 0. The number of hydrogen-bond donors (Lipinski definition) is 0. The van der Waals surface area contributed by atoms with Crippen LogP contribution in [0.15, 0.2) is 12.2 Å². The molecule has 2 aliphatic rings. The fourth-order valence-electron chi connectivity index (χ4n) is 3.09. The molecule has 1 saturated carbocycles. The van der Waals surface area contributed by atoms with Crippen molar-refractivity contribution in [2.24, 2.45) is 23.7 Å². The molecule has 12 heavy (non-hydrogen) atoms. The van der Waals surface area contributed by atoms with E-state index in [0.717, 1.165) is 23.7 Å². The summed E-state index contributed by atoms with van der Waals surface area (Å²) in [4.78, 5) is 0. The molecule has 0 aromatic carbocycles. The molecule has 0 spiro atoms. The predicted molar refractivity (Wildman–Crippen MR) is 52.9 cm³/mol. The Morgan fingerprint density at radius 3 is 1.92 bits per heavy atom. The molecule has 0 aliphatic heterocycles. The zero-order valence-electron chi connectivity index (χ0n) is 8.29. The Hall–Kier alpha value is -0.260. The molecule has 0 bridgehead atoms. The van der Waals surface area contributed by atoms with Crippen molar-refractivity contribution in [3.05, 3.63) is 12.2 Å². The second-order valence-electron chi connectivity index (χ2n) is 4.78. The third kappa shape index (κ3) is 1.44. The number of allylic oxidation sites excluding steroid dienone is 2. The topological polar surface area (TPSA) is 0 Å². The highest BCUT2D eigenvalue weighted by atomic mass is 14.5. The summed E-state index contributed by atoms with van der Waals surface area (Å²) in [5.41, 5.74) is 0. The zero-order valence-corrected chi connectivity index (χ0v) is 8.29. The quantitative estimate of drug-likeness (QED) is 0.519. The molecule has 0 saturated heterocycles. The third-order valence-electron chi connectivity index (χ3n) is 3.67. The number of rotatable bonds is 1. The van der Waals surface area contributed by atoms with Crippen LogP contribution in [0.3, 0.4) is 0 Å². The van der Waals surface area contributed by atoms with Crippen molar-refractivity contribution in [1.82, 2.24) is 0 Å². The highest BCUT2D eigenvalue weighted by molar-refractivity contribution is 5.02. The van der Waals surface area contributed by atoms with Gasteiger partial charge in [-0.25, -0.2) is 0 Å². The zero-order chi connectivity index (χ0) is 8.55. The van der Waals surface area contributed by atoms with E-state index in [0.29, 0.717) is 0 Å². The molecule has 0 heterocycles. The molecule has 2 rings (SSSR count). The first-order valence-electron chi connectivity index (χ1n) is 5.45. The minimum atomic E-state index is 0.929. The van der Waals surface area contributed by atoms with Crippen LogP contribution >= 0.6 is 0 Å². The van der Waals surface area contributed by atoms with Gasteiger partial charge in [-0.15, -0.1) is 0 Å². The van der Waals surface area contributed by atoms with Gasteiger partial charge in [0.1, 0.15) is 0 Å². The van der Waals surface area contributed by atoms with Gasteiger partial charge in [-0.05, 0) is 49.4 Å². The van der Waals surface area contributed by atoms with E-state index in [9.17, 15) is 0 Å². The molecular formula is C12H20. The molecule has 68 valence electrons. The lowest BCUT2D eigenvalue weighted by Gasteiger charge is -2.00. The van der Waals surface area contributed by atoms with Gasteiger partial charge in [-0.1, -0.05) is 26.0 Å². The van der Waals surface area contributed by atoms with E-state index in [1.165, 1.54) is 25.7 Å². The Morgan fingerprint density at radius 1 is 1.00 bits per heavy atom. The fourth-order valence-corrected chi connectivity index (χ4v) is 3.09. The lowest BCUT2D eigenvalue weighted by Crippen LogP contribution is -1.93. The maximum absolute atomic E-state index is 2.39. The van der Waals surface area contributed by atoms with Crippen LogP contribution in [0.2, 0.25) is 0 Å². The Labute approximate surface area is 76.1 Å². The van der Waals surface area contributed by atoms with E-state index >= 15 is 0 Å². The van der Waals surface area contributed by atoms with E-state index in [4.69, 9.17) is 0 Å². The van der Waals surface area contributed by atoms with Gasteiger partial charge in [0.25, 0.3) is 0 Å². The van der Waals surface area contributed by atoms with Gasteiger partial charge >= 0.3 is 0 Å². The second kappa shape index (κ2) is 3.24. The summed E-state index contributed by atoms with van der Waals surface area (Å²) in [7, 11) is 0. The van der Waals surface area contributed by atoms with Crippen LogP contribution < -0.4 is 0 Å². The lowest BCUT2D eigenvalue weighted by molar-refractivity contribution is 0.491. The predicted octanol–water partition coefficient (Wildman–Crippen LogP) is 3.63.